The molecule has 1 saturated carbocycles. The molecule has 2 aliphatic carbocycles. The van der Waals surface area contributed by atoms with E-state index in [-0.39, 0.29) is 30.7 Å². The Morgan fingerprint density at radius 1 is 0.851 bits per heavy atom. The van der Waals surface area contributed by atoms with Crippen molar-refractivity contribution in [3.8, 4) is 0 Å². The van der Waals surface area contributed by atoms with Gasteiger partial charge in [-0.2, -0.15) is 0 Å². The standard InChI is InChI=1S/C40H60NO5P/c1-33(34-22-17-14-18-23-34)40-28-27-38(42)37(40)32-36(39(40)35-24-19-15-20-25-35)26-16-12-10-8-6-5-7-9-11-13-21-30-45-47(43,44)46-31-29-41(2,3)4/h14-15,17-20,22-25,37-38,42H,1,5-13,16,21,26-32H2,2-4H3/t37-,38+,40-/m0/s1. The predicted octanol–water partition coefficient (Wildman–Crippen LogP) is 9.20. The van der Waals surface area contributed by atoms with E-state index in [2.05, 4.69) is 60.7 Å². The highest BCUT2D eigenvalue weighted by molar-refractivity contribution is 7.45. The molecule has 2 aromatic rings. The lowest BCUT2D eigenvalue weighted by molar-refractivity contribution is -0.870. The van der Waals surface area contributed by atoms with Crippen molar-refractivity contribution in [1.82, 2.24) is 0 Å². The van der Waals surface area contributed by atoms with Gasteiger partial charge in [0, 0.05) is 11.3 Å². The van der Waals surface area contributed by atoms with Crippen molar-refractivity contribution in [2.45, 2.75) is 102 Å². The van der Waals surface area contributed by atoms with Crippen molar-refractivity contribution in [1.29, 1.82) is 0 Å². The van der Waals surface area contributed by atoms with Crippen molar-refractivity contribution < 1.29 is 28.1 Å². The number of phosphoric acid groups is 1. The van der Waals surface area contributed by atoms with Gasteiger partial charge in [0.2, 0.25) is 0 Å². The molecule has 2 aliphatic rings. The second-order valence-electron chi connectivity index (χ2n) is 14.8. The maximum atomic E-state index is 11.9. The smallest absolute Gasteiger partial charge is 0.268 e. The van der Waals surface area contributed by atoms with Gasteiger partial charge in [0.15, 0.2) is 0 Å². The third-order valence-electron chi connectivity index (χ3n) is 10.3. The van der Waals surface area contributed by atoms with Crippen LogP contribution in [0.25, 0.3) is 11.1 Å². The molecular weight excluding hydrogens is 605 g/mol. The first-order chi connectivity index (χ1) is 22.5. The second-order valence-corrected chi connectivity index (χ2v) is 16.3. The van der Waals surface area contributed by atoms with Gasteiger partial charge in [-0.25, -0.2) is 0 Å². The Labute approximate surface area is 285 Å². The fourth-order valence-electron chi connectivity index (χ4n) is 7.78. The molecule has 0 bridgehead atoms. The number of likely N-dealkylation sites (N-methyl/N-ethyl adjacent to an activating group) is 1. The van der Waals surface area contributed by atoms with Crippen molar-refractivity contribution in [2.75, 3.05) is 40.9 Å². The van der Waals surface area contributed by atoms with Gasteiger partial charge in [-0.05, 0) is 60.8 Å². The van der Waals surface area contributed by atoms with Crippen LogP contribution < -0.4 is 4.89 Å². The molecular formula is C40H60NO5P. The Morgan fingerprint density at radius 3 is 1.98 bits per heavy atom. The number of allylic oxidation sites excluding steroid dienone is 3. The van der Waals surface area contributed by atoms with Crippen LogP contribution >= 0.6 is 7.82 Å². The second kappa shape index (κ2) is 18.1. The van der Waals surface area contributed by atoms with E-state index in [1.807, 2.05) is 21.1 Å². The molecule has 6 nitrogen and oxygen atoms in total. The number of phosphoric ester groups is 1. The maximum Gasteiger partial charge on any atom is 0.268 e. The highest BCUT2D eigenvalue weighted by Gasteiger charge is 2.56. The minimum absolute atomic E-state index is 0.148. The molecule has 0 spiro atoms. The number of unbranched alkanes of at least 4 members (excludes halogenated alkanes) is 10. The quantitative estimate of drug-likeness (QED) is 0.0771. The van der Waals surface area contributed by atoms with E-state index in [0.717, 1.165) is 44.9 Å². The number of hydrogen-bond acceptors (Lipinski definition) is 5. The van der Waals surface area contributed by atoms with Crippen molar-refractivity contribution >= 4 is 19.0 Å². The Hall–Kier alpha value is -2.05. The van der Waals surface area contributed by atoms with Crippen LogP contribution in [0.1, 0.15) is 107 Å². The SMILES string of the molecule is C=C(c1ccccc1)[C@@]12CC[C@@H](O)[C@@H]1CC(CCCCCCCCCCCCCOP(=O)([O-])OCC[N+](C)(C)C)=C2c1ccccc1. The number of rotatable bonds is 22. The van der Waals surface area contributed by atoms with Crippen LogP contribution in [-0.2, 0) is 13.6 Å². The zero-order valence-electron chi connectivity index (χ0n) is 29.3. The van der Waals surface area contributed by atoms with Gasteiger partial charge in [-0.15, -0.1) is 0 Å². The third kappa shape index (κ3) is 11.0. The molecule has 4 rings (SSSR count). The molecule has 47 heavy (non-hydrogen) atoms. The van der Waals surface area contributed by atoms with Crippen LogP contribution in [0.2, 0.25) is 0 Å². The molecule has 0 amide bonds. The van der Waals surface area contributed by atoms with Gasteiger partial charge in [0.05, 0.1) is 33.9 Å². The Morgan fingerprint density at radius 2 is 1.38 bits per heavy atom. The number of quaternary nitrogens is 1. The van der Waals surface area contributed by atoms with Gasteiger partial charge in [0.1, 0.15) is 13.2 Å². The molecule has 1 fully saturated rings. The van der Waals surface area contributed by atoms with Gasteiger partial charge < -0.3 is 23.5 Å². The predicted molar refractivity (Wildman–Crippen MR) is 192 cm³/mol. The van der Waals surface area contributed by atoms with E-state index in [4.69, 9.17) is 15.6 Å². The molecule has 0 aliphatic heterocycles. The van der Waals surface area contributed by atoms with E-state index < -0.39 is 7.82 Å². The zero-order valence-corrected chi connectivity index (χ0v) is 30.2. The van der Waals surface area contributed by atoms with E-state index in [0.29, 0.717) is 11.0 Å². The first-order valence-electron chi connectivity index (χ1n) is 18.1. The maximum absolute atomic E-state index is 11.9. The molecule has 0 heterocycles. The summed E-state index contributed by atoms with van der Waals surface area (Å²) < 4.78 is 22.5. The molecule has 1 unspecified atom stereocenters. The number of hydrogen-bond donors (Lipinski definition) is 1. The van der Waals surface area contributed by atoms with Gasteiger partial charge in [-0.3, -0.25) is 4.57 Å². The van der Waals surface area contributed by atoms with Crippen LogP contribution in [0.15, 0.2) is 72.8 Å². The molecule has 260 valence electrons. The zero-order chi connectivity index (χ0) is 33.8. The molecule has 7 heteroatoms. The molecule has 0 aromatic heterocycles. The summed E-state index contributed by atoms with van der Waals surface area (Å²) in [5.41, 5.74) is 6.46. The largest absolute Gasteiger partial charge is 0.756 e. The van der Waals surface area contributed by atoms with Gasteiger partial charge >= 0.3 is 0 Å². The van der Waals surface area contributed by atoms with Crippen molar-refractivity contribution in [2.24, 2.45) is 11.3 Å². The molecule has 1 N–H and O–H groups in total. The Bertz CT molecular complexity index is 1320. The van der Waals surface area contributed by atoms with Crippen LogP contribution in [0, 0.1) is 11.3 Å². The summed E-state index contributed by atoms with van der Waals surface area (Å²) in [6.07, 6.45) is 16.4. The number of nitrogens with zero attached hydrogens (tertiary/aromatic N) is 1. The minimum Gasteiger partial charge on any atom is -0.756 e. The Kier molecular flexibility index (Phi) is 14.5. The van der Waals surface area contributed by atoms with Crippen molar-refractivity contribution in [3.63, 3.8) is 0 Å². The molecule has 0 radical (unpaired) electrons. The third-order valence-corrected chi connectivity index (χ3v) is 11.3. The average molecular weight is 666 g/mol. The number of fused-ring (bicyclic) bond motifs is 1. The highest BCUT2D eigenvalue weighted by atomic mass is 31.2. The van der Waals surface area contributed by atoms with Crippen LogP contribution in [-0.4, -0.2) is 56.6 Å². The van der Waals surface area contributed by atoms with Gasteiger partial charge in [0.25, 0.3) is 7.82 Å². The molecule has 4 atom stereocenters. The summed E-state index contributed by atoms with van der Waals surface area (Å²) in [7, 11) is 1.80. The average Bonchev–Trinajstić information content (AvgIpc) is 3.55. The topological polar surface area (TPSA) is 78.8 Å². The fourth-order valence-corrected chi connectivity index (χ4v) is 8.51. The summed E-state index contributed by atoms with van der Waals surface area (Å²) in [5, 5.41) is 11.2. The Balaban J connectivity index is 1.14. The summed E-state index contributed by atoms with van der Waals surface area (Å²) >= 11 is 0. The monoisotopic (exact) mass is 665 g/mol. The van der Waals surface area contributed by atoms with E-state index >= 15 is 0 Å². The lowest BCUT2D eigenvalue weighted by Gasteiger charge is -2.37. The number of aliphatic hydroxyl groups is 1. The first kappa shape index (κ1) is 37.8. The molecule has 2 aromatic carbocycles. The normalized spacial score (nSPS) is 22.4. The molecule has 0 saturated heterocycles. The lowest BCUT2D eigenvalue weighted by atomic mass is 9.66. The van der Waals surface area contributed by atoms with E-state index in [1.54, 1.807) is 0 Å². The van der Waals surface area contributed by atoms with E-state index in [9.17, 15) is 14.6 Å². The lowest BCUT2D eigenvalue weighted by Crippen LogP contribution is -2.37. The minimum atomic E-state index is -4.19. The van der Waals surface area contributed by atoms with Crippen LogP contribution in [0.4, 0.5) is 0 Å². The van der Waals surface area contributed by atoms with E-state index in [1.165, 1.54) is 79.2 Å². The summed E-state index contributed by atoms with van der Waals surface area (Å²) in [6.45, 7) is 5.67. The number of benzene rings is 2. The highest BCUT2D eigenvalue weighted by Crippen LogP contribution is 2.66. The van der Waals surface area contributed by atoms with Gasteiger partial charge in [-0.1, -0.05) is 131 Å². The van der Waals surface area contributed by atoms with Crippen LogP contribution in [0.5, 0.6) is 0 Å². The summed E-state index contributed by atoms with van der Waals surface area (Å²) in [4.78, 5) is 11.9. The summed E-state index contributed by atoms with van der Waals surface area (Å²) in [5.74, 6) is 0.207. The van der Waals surface area contributed by atoms with Crippen LogP contribution in [0.3, 0.4) is 0 Å². The fraction of sp³-hybridized carbons (Fsp3) is 0.600. The summed E-state index contributed by atoms with van der Waals surface area (Å²) in [6, 6.07) is 21.5. The first-order valence-corrected chi connectivity index (χ1v) is 19.6. The number of aliphatic hydroxyl groups excluding tert-OH is 1. The van der Waals surface area contributed by atoms with Crippen molar-refractivity contribution in [3.05, 3.63) is 83.9 Å².